The van der Waals surface area contributed by atoms with Gasteiger partial charge in [-0.25, -0.2) is 0 Å². The van der Waals surface area contributed by atoms with Crippen molar-refractivity contribution in [3.8, 4) is 28.7 Å². The first-order valence-electron chi connectivity index (χ1n) is 13.8. The number of nitrogens with zero attached hydrogens (tertiary/aromatic N) is 1. The number of ether oxygens (including phenoxy) is 5. The molecule has 0 saturated carbocycles. The van der Waals surface area contributed by atoms with Gasteiger partial charge in [-0.15, -0.1) is 5.92 Å². The van der Waals surface area contributed by atoms with Crippen LogP contribution >= 0.6 is 0 Å². The van der Waals surface area contributed by atoms with Gasteiger partial charge in [0.2, 0.25) is 0 Å². The van der Waals surface area contributed by atoms with Crippen LogP contribution in [0, 0.1) is 25.7 Å². The minimum atomic E-state index is -0.790. The molecule has 0 bridgehead atoms. The summed E-state index contributed by atoms with van der Waals surface area (Å²) in [5.41, 5.74) is 8.28. The Hall–Kier alpha value is -3.34. The lowest BCUT2D eigenvalue weighted by Crippen LogP contribution is -2.31. The molecule has 3 aromatic rings. The van der Waals surface area contributed by atoms with Gasteiger partial charge < -0.3 is 28.6 Å². The lowest BCUT2D eigenvalue weighted by atomic mass is 9.82. The highest BCUT2D eigenvalue weighted by Crippen LogP contribution is 2.54. The van der Waals surface area contributed by atoms with Gasteiger partial charge >= 0.3 is 0 Å². The fourth-order valence-electron chi connectivity index (χ4n) is 5.16. The second-order valence-corrected chi connectivity index (χ2v) is 10.1. The Labute approximate surface area is 239 Å². The van der Waals surface area contributed by atoms with Crippen molar-refractivity contribution in [1.82, 2.24) is 0 Å². The largest absolute Gasteiger partial charge is 0.489 e. The molecule has 1 aliphatic carbocycles. The minimum absolute atomic E-state index is 0.319. The topological polar surface area (TPSA) is 49.4 Å². The van der Waals surface area contributed by atoms with E-state index in [9.17, 15) is 0 Å². The lowest BCUT2D eigenvalue weighted by Gasteiger charge is -2.34. The summed E-state index contributed by atoms with van der Waals surface area (Å²) in [6.45, 7) is 9.54. The summed E-state index contributed by atoms with van der Waals surface area (Å²) >= 11 is 0. The average Bonchev–Trinajstić information content (AvgIpc) is 3.21. The molecule has 4 rings (SSSR count). The lowest BCUT2D eigenvalue weighted by molar-refractivity contribution is 0.0180. The first kappa shape index (κ1) is 29.6. The van der Waals surface area contributed by atoms with Gasteiger partial charge in [-0.1, -0.05) is 59.5 Å². The Kier molecular flexibility index (Phi) is 10.2. The first-order chi connectivity index (χ1) is 19.4. The molecule has 212 valence electrons. The molecular formula is C34H41NO5. The highest BCUT2D eigenvalue weighted by Gasteiger charge is 2.46. The number of aryl methyl sites for hydroxylation is 2. The summed E-state index contributed by atoms with van der Waals surface area (Å²) in [6.07, 6.45) is 0. The predicted molar refractivity (Wildman–Crippen MR) is 160 cm³/mol. The minimum Gasteiger partial charge on any atom is -0.489 e. The standard InChI is InChI=1S/C34H41NO5/c1-7-8-15-40-34(30-22-25(2)9-12-28(30)29-13-10-26(3)23-31(29)34)27-11-14-33(32(24-27)35(4)5)39-21-20-38-19-18-37-17-16-36-6/h9-14,22-24H,15-21H2,1-6H3. The quantitative estimate of drug-likeness (QED) is 0.191. The van der Waals surface area contributed by atoms with Gasteiger partial charge in [0.1, 0.15) is 24.6 Å². The Morgan fingerprint density at radius 3 is 1.93 bits per heavy atom. The van der Waals surface area contributed by atoms with Crippen molar-refractivity contribution in [2.75, 3.05) is 72.4 Å². The molecule has 0 heterocycles. The highest BCUT2D eigenvalue weighted by molar-refractivity contribution is 5.83. The van der Waals surface area contributed by atoms with E-state index >= 15 is 0 Å². The van der Waals surface area contributed by atoms with E-state index in [0.29, 0.717) is 46.2 Å². The summed E-state index contributed by atoms with van der Waals surface area (Å²) in [5, 5.41) is 0. The van der Waals surface area contributed by atoms with Crippen molar-refractivity contribution in [1.29, 1.82) is 0 Å². The van der Waals surface area contributed by atoms with Crippen LogP contribution < -0.4 is 9.64 Å². The van der Waals surface area contributed by atoms with Crippen LogP contribution in [0.15, 0.2) is 54.6 Å². The van der Waals surface area contributed by atoms with Gasteiger partial charge in [-0.05, 0) is 49.6 Å². The third-order valence-corrected chi connectivity index (χ3v) is 7.07. The van der Waals surface area contributed by atoms with Crippen molar-refractivity contribution in [3.63, 3.8) is 0 Å². The fourth-order valence-corrected chi connectivity index (χ4v) is 5.16. The Morgan fingerprint density at radius 1 is 0.750 bits per heavy atom. The van der Waals surface area contributed by atoms with Gasteiger partial charge in [0.05, 0.1) is 38.7 Å². The van der Waals surface area contributed by atoms with Crippen LogP contribution in [0.1, 0.15) is 34.7 Å². The maximum Gasteiger partial charge on any atom is 0.146 e. The molecule has 0 amide bonds. The number of hydrogen-bond acceptors (Lipinski definition) is 6. The van der Waals surface area contributed by atoms with Crippen LogP contribution in [0.3, 0.4) is 0 Å². The SMILES string of the molecule is CC#CCOC1(c2ccc(OCCOCCOCCOC)c(N(C)C)c2)c2cc(C)ccc2-c2ccc(C)cc21. The molecule has 0 saturated heterocycles. The predicted octanol–water partition coefficient (Wildman–Crippen LogP) is 5.74. The molecule has 0 unspecified atom stereocenters. The molecule has 0 aromatic heterocycles. The molecule has 6 heteroatoms. The van der Waals surface area contributed by atoms with E-state index < -0.39 is 5.60 Å². The number of benzene rings is 3. The first-order valence-corrected chi connectivity index (χ1v) is 13.8. The summed E-state index contributed by atoms with van der Waals surface area (Å²) < 4.78 is 29.1. The van der Waals surface area contributed by atoms with E-state index in [1.54, 1.807) is 7.11 Å². The maximum absolute atomic E-state index is 6.84. The van der Waals surface area contributed by atoms with Crippen molar-refractivity contribution < 1.29 is 23.7 Å². The van der Waals surface area contributed by atoms with Crippen LogP contribution in [0.2, 0.25) is 0 Å². The van der Waals surface area contributed by atoms with Gasteiger partial charge in [0.15, 0.2) is 0 Å². The Morgan fingerprint density at radius 2 is 1.35 bits per heavy atom. The number of fused-ring (bicyclic) bond motifs is 3. The Balaban J connectivity index is 1.65. The van der Waals surface area contributed by atoms with Crippen molar-refractivity contribution in [2.45, 2.75) is 26.4 Å². The van der Waals surface area contributed by atoms with Gasteiger partial charge in [-0.2, -0.15) is 0 Å². The van der Waals surface area contributed by atoms with E-state index in [4.69, 9.17) is 23.7 Å². The molecule has 0 atom stereocenters. The third kappa shape index (κ3) is 6.35. The second kappa shape index (κ2) is 13.8. The zero-order chi connectivity index (χ0) is 28.5. The normalized spacial score (nSPS) is 12.8. The van der Waals surface area contributed by atoms with Gasteiger partial charge in [0, 0.05) is 32.3 Å². The van der Waals surface area contributed by atoms with E-state index in [0.717, 1.165) is 28.1 Å². The monoisotopic (exact) mass is 543 g/mol. The number of hydrogen-bond donors (Lipinski definition) is 0. The molecule has 1 aliphatic rings. The van der Waals surface area contributed by atoms with Crippen LogP contribution in [0.4, 0.5) is 5.69 Å². The number of anilines is 1. The molecule has 40 heavy (non-hydrogen) atoms. The molecule has 0 N–H and O–H groups in total. The van der Waals surface area contributed by atoms with Crippen LogP contribution in [-0.4, -0.2) is 67.5 Å². The number of methoxy groups -OCH3 is 1. The smallest absolute Gasteiger partial charge is 0.146 e. The van der Waals surface area contributed by atoms with Crippen LogP contribution in [-0.2, 0) is 24.5 Å². The number of rotatable bonds is 14. The fraction of sp³-hybridized carbons (Fsp3) is 0.412. The van der Waals surface area contributed by atoms with Crippen LogP contribution in [0.5, 0.6) is 5.75 Å². The third-order valence-electron chi connectivity index (χ3n) is 7.07. The molecule has 0 spiro atoms. The molecule has 0 radical (unpaired) electrons. The van der Waals surface area contributed by atoms with Crippen LogP contribution in [0.25, 0.3) is 11.1 Å². The Bertz CT molecular complexity index is 1300. The zero-order valence-electron chi connectivity index (χ0n) is 24.6. The average molecular weight is 544 g/mol. The summed E-state index contributed by atoms with van der Waals surface area (Å²) in [7, 11) is 5.72. The molecule has 0 aliphatic heterocycles. The van der Waals surface area contributed by atoms with Crippen molar-refractivity contribution >= 4 is 5.69 Å². The van der Waals surface area contributed by atoms with E-state index in [-0.39, 0.29) is 0 Å². The van der Waals surface area contributed by atoms with E-state index in [2.05, 4.69) is 79.1 Å². The van der Waals surface area contributed by atoms with E-state index in [1.807, 2.05) is 27.1 Å². The highest BCUT2D eigenvalue weighted by atomic mass is 16.6. The maximum atomic E-state index is 6.84. The summed E-state index contributed by atoms with van der Waals surface area (Å²) in [4.78, 5) is 2.08. The zero-order valence-corrected chi connectivity index (χ0v) is 24.6. The van der Waals surface area contributed by atoms with Crippen molar-refractivity contribution in [2.24, 2.45) is 0 Å². The second-order valence-electron chi connectivity index (χ2n) is 10.1. The van der Waals surface area contributed by atoms with Crippen molar-refractivity contribution in [3.05, 3.63) is 82.4 Å². The molecule has 6 nitrogen and oxygen atoms in total. The van der Waals surface area contributed by atoms with Gasteiger partial charge in [0.25, 0.3) is 0 Å². The summed E-state index contributed by atoms with van der Waals surface area (Å²) in [5.74, 6) is 6.92. The van der Waals surface area contributed by atoms with E-state index in [1.165, 1.54) is 22.3 Å². The van der Waals surface area contributed by atoms with Gasteiger partial charge in [-0.3, -0.25) is 0 Å². The summed E-state index contributed by atoms with van der Waals surface area (Å²) in [6, 6.07) is 19.6. The molecule has 3 aromatic carbocycles. The molecule has 0 fully saturated rings. The molecular weight excluding hydrogens is 502 g/mol.